The number of ether oxygens (including phenoxy) is 2. The van der Waals surface area contributed by atoms with Crippen LogP contribution < -0.4 is 4.74 Å². The summed E-state index contributed by atoms with van der Waals surface area (Å²) in [7, 11) is 3.01. The lowest BCUT2D eigenvalue weighted by molar-refractivity contribution is -0.141. The average molecular weight is 421 g/mol. The van der Waals surface area contributed by atoms with Gasteiger partial charge in [-0.15, -0.1) is 0 Å². The van der Waals surface area contributed by atoms with Crippen molar-refractivity contribution >= 4 is 29.1 Å². The first-order valence-corrected chi connectivity index (χ1v) is 9.89. The second-order valence-electron chi connectivity index (χ2n) is 6.89. The molecule has 3 aromatic carbocycles. The van der Waals surface area contributed by atoms with Crippen molar-refractivity contribution in [3.8, 4) is 5.75 Å². The van der Waals surface area contributed by atoms with Gasteiger partial charge in [-0.2, -0.15) is 0 Å². The summed E-state index contributed by atoms with van der Waals surface area (Å²) in [6.45, 7) is 0.0498. The van der Waals surface area contributed by atoms with Crippen LogP contribution in [0.3, 0.4) is 0 Å². The van der Waals surface area contributed by atoms with Crippen LogP contribution in [0.25, 0.3) is 0 Å². The highest BCUT2D eigenvalue weighted by Crippen LogP contribution is 2.41. The van der Waals surface area contributed by atoms with Crippen LogP contribution >= 0.6 is 11.6 Å². The van der Waals surface area contributed by atoms with E-state index in [1.54, 1.807) is 7.11 Å². The largest absolute Gasteiger partial charge is 0.497 e. The molecule has 0 radical (unpaired) electrons. The molecule has 1 aliphatic heterocycles. The third-order valence-electron chi connectivity index (χ3n) is 5.07. The Morgan fingerprint density at radius 1 is 1.03 bits per heavy atom. The third kappa shape index (κ3) is 3.89. The van der Waals surface area contributed by atoms with E-state index in [0.29, 0.717) is 16.6 Å². The molecule has 4 rings (SSSR count). The first kappa shape index (κ1) is 20.0. The van der Waals surface area contributed by atoms with Gasteiger partial charge >= 0.3 is 5.97 Å². The van der Waals surface area contributed by atoms with E-state index in [2.05, 4.69) is 0 Å². The molecule has 1 unspecified atom stereocenters. The van der Waals surface area contributed by atoms with E-state index in [1.807, 2.05) is 77.7 Å². The predicted molar refractivity (Wildman–Crippen MR) is 118 cm³/mol. The summed E-state index contributed by atoms with van der Waals surface area (Å²) in [6, 6.07) is 23.1. The van der Waals surface area contributed by atoms with Crippen LogP contribution in [-0.4, -0.2) is 37.5 Å². The molecular weight excluding hydrogens is 400 g/mol. The minimum atomic E-state index is -0.344. The SMILES string of the molecule is COC(=O)CN1C(c2cccc(OC)c2)=Nc2cc(Cl)ccc2C1c1ccccc1. The second kappa shape index (κ2) is 8.59. The summed E-state index contributed by atoms with van der Waals surface area (Å²) in [4.78, 5) is 19.2. The molecule has 152 valence electrons. The fourth-order valence-electron chi connectivity index (χ4n) is 3.67. The molecule has 30 heavy (non-hydrogen) atoms. The monoisotopic (exact) mass is 420 g/mol. The molecule has 0 aliphatic carbocycles. The molecule has 0 aromatic heterocycles. The van der Waals surface area contributed by atoms with Crippen molar-refractivity contribution in [2.75, 3.05) is 20.8 Å². The highest BCUT2D eigenvalue weighted by atomic mass is 35.5. The van der Waals surface area contributed by atoms with Gasteiger partial charge in [-0.25, -0.2) is 4.99 Å². The average Bonchev–Trinajstić information content (AvgIpc) is 2.79. The minimum absolute atomic E-state index is 0.0498. The predicted octanol–water partition coefficient (Wildman–Crippen LogP) is 5.00. The zero-order valence-corrected chi connectivity index (χ0v) is 17.5. The Morgan fingerprint density at radius 2 is 1.83 bits per heavy atom. The van der Waals surface area contributed by atoms with Crippen LogP contribution in [0.15, 0.2) is 77.8 Å². The minimum Gasteiger partial charge on any atom is -0.497 e. The molecular formula is C24H21ClN2O3. The summed E-state index contributed by atoms with van der Waals surface area (Å²) >= 11 is 6.28. The number of benzene rings is 3. The van der Waals surface area contributed by atoms with Crippen molar-refractivity contribution in [3.05, 3.63) is 94.5 Å². The molecule has 0 N–H and O–H groups in total. The lowest BCUT2D eigenvalue weighted by Gasteiger charge is -2.38. The third-order valence-corrected chi connectivity index (χ3v) is 5.30. The molecule has 0 saturated heterocycles. The van der Waals surface area contributed by atoms with Gasteiger partial charge in [-0.3, -0.25) is 4.79 Å². The van der Waals surface area contributed by atoms with E-state index in [1.165, 1.54) is 7.11 Å². The number of hydrogen-bond donors (Lipinski definition) is 0. The number of aliphatic imine (C=N–C) groups is 1. The van der Waals surface area contributed by atoms with Crippen LogP contribution in [0.5, 0.6) is 5.75 Å². The van der Waals surface area contributed by atoms with Crippen LogP contribution in [-0.2, 0) is 9.53 Å². The number of carbonyl (C=O) groups excluding carboxylic acids is 1. The Labute approximate surface area is 180 Å². The number of hydrogen-bond acceptors (Lipinski definition) is 5. The van der Waals surface area contributed by atoms with E-state index >= 15 is 0 Å². The van der Waals surface area contributed by atoms with Crippen LogP contribution in [0.4, 0.5) is 5.69 Å². The van der Waals surface area contributed by atoms with Crippen molar-refractivity contribution in [3.63, 3.8) is 0 Å². The molecule has 1 atom stereocenters. The maximum atomic E-state index is 12.4. The summed E-state index contributed by atoms with van der Waals surface area (Å²) in [5.41, 5.74) is 3.63. The quantitative estimate of drug-likeness (QED) is 0.545. The normalized spacial score (nSPS) is 15.2. The Morgan fingerprint density at radius 3 is 2.57 bits per heavy atom. The van der Waals surface area contributed by atoms with Crippen LogP contribution in [0, 0.1) is 0 Å². The zero-order chi connectivity index (χ0) is 21.1. The second-order valence-corrected chi connectivity index (χ2v) is 7.32. The maximum Gasteiger partial charge on any atom is 0.325 e. The highest BCUT2D eigenvalue weighted by Gasteiger charge is 2.33. The number of carbonyl (C=O) groups is 1. The van der Waals surface area contributed by atoms with E-state index < -0.39 is 0 Å². The van der Waals surface area contributed by atoms with Gasteiger partial charge in [-0.1, -0.05) is 60.1 Å². The number of nitrogens with zero attached hydrogens (tertiary/aromatic N) is 2. The van der Waals surface area contributed by atoms with E-state index in [-0.39, 0.29) is 18.6 Å². The highest BCUT2D eigenvalue weighted by molar-refractivity contribution is 6.30. The summed E-state index contributed by atoms with van der Waals surface area (Å²) in [6.07, 6.45) is 0. The van der Waals surface area contributed by atoms with Gasteiger partial charge in [0, 0.05) is 16.1 Å². The lowest BCUT2D eigenvalue weighted by atomic mass is 9.93. The fraction of sp³-hybridized carbons (Fsp3) is 0.167. The van der Waals surface area contributed by atoms with Crippen molar-refractivity contribution in [2.45, 2.75) is 6.04 Å². The number of rotatable bonds is 5. The van der Waals surface area contributed by atoms with Gasteiger partial charge in [0.05, 0.1) is 25.9 Å². The summed E-state index contributed by atoms with van der Waals surface area (Å²) < 4.78 is 10.4. The fourth-order valence-corrected chi connectivity index (χ4v) is 3.84. The van der Waals surface area contributed by atoms with E-state index in [4.69, 9.17) is 26.1 Å². The summed E-state index contributed by atoms with van der Waals surface area (Å²) in [5.74, 6) is 1.02. The Bertz CT molecular complexity index is 1100. The standard InChI is InChI=1S/C24H21ClN2O3/c1-29-19-10-6-9-17(13-19)24-26-21-14-18(25)11-12-20(21)23(16-7-4-3-5-8-16)27(24)15-22(28)30-2/h3-14,23H,15H2,1-2H3. The lowest BCUT2D eigenvalue weighted by Crippen LogP contribution is -2.42. The van der Waals surface area contributed by atoms with Gasteiger partial charge in [0.1, 0.15) is 18.1 Å². The first-order valence-electron chi connectivity index (χ1n) is 9.51. The van der Waals surface area contributed by atoms with Crippen molar-refractivity contribution in [1.82, 2.24) is 4.90 Å². The number of amidine groups is 1. The molecule has 0 fully saturated rings. The van der Waals surface area contributed by atoms with Gasteiger partial charge in [0.25, 0.3) is 0 Å². The van der Waals surface area contributed by atoms with Crippen molar-refractivity contribution < 1.29 is 14.3 Å². The van der Waals surface area contributed by atoms with Gasteiger partial charge < -0.3 is 14.4 Å². The molecule has 0 amide bonds. The van der Waals surface area contributed by atoms with Crippen molar-refractivity contribution in [2.24, 2.45) is 4.99 Å². The Balaban J connectivity index is 1.94. The molecule has 0 spiro atoms. The maximum absolute atomic E-state index is 12.4. The Hall–Kier alpha value is -3.31. The smallest absolute Gasteiger partial charge is 0.325 e. The number of esters is 1. The first-order chi connectivity index (χ1) is 14.6. The molecule has 0 bridgehead atoms. The Kier molecular flexibility index (Phi) is 5.72. The van der Waals surface area contributed by atoms with Crippen LogP contribution in [0.2, 0.25) is 5.02 Å². The van der Waals surface area contributed by atoms with Gasteiger partial charge in [0.15, 0.2) is 0 Å². The molecule has 6 heteroatoms. The molecule has 3 aromatic rings. The number of fused-ring (bicyclic) bond motifs is 1. The number of halogens is 1. The topological polar surface area (TPSA) is 51.1 Å². The van der Waals surface area contributed by atoms with Gasteiger partial charge in [0.2, 0.25) is 0 Å². The summed E-state index contributed by atoms with van der Waals surface area (Å²) in [5, 5.41) is 0.607. The van der Waals surface area contributed by atoms with E-state index in [0.717, 1.165) is 22.4 Å². The molecule has 5 nitrogen and oxygen atoms in total. The zero-order valence-electron chi connectivity index (χ0n) is 16.7. The molecule has 1 aliphatic rings. The van der Waals surface area contributed by atoms with Crippen molar-refractivity contribution in [1.29, 1.82) is 0 Å². The molecule has 1 heterocycles. The van der Waals surface area contributed by atoms with E-state index in [9.17, 15) is 4.79 Å². The molecule has 0 saturated carbocycles. The van der Waals surface area contributed by atoms with Crippen LogP contribution in [0.1, 0.15) is 22.7 Å². The van der Waals surface area contributed by atoms with Gasteiger partial charge in [-0.05, 0) is 29.8 Å². The number of methoxy groups -OCH3 is 2.